The first-order valence-corrected chi connectivity index (χ1v) is 5.93. The van der Waals surface area contributed by atoms with Crippen molar-refractivity contribution < 1.29 is 4.79 Å². The highest BCUT2D eigenvalue weighted by Gasteiger charge is 2.27. The smallest absolute Gasteiger partial charge is 0.269 e. The SMILES string of the molecule is Cc1ncc(C(=O)NC(C)(C)CC(C)(C)C)[nH]1. The molecular weight excluding hydrogens is 214 g/mol. The molecule has 0 aromatic carbocycles. The zero-order valence-electron chi connectivity index (χ0n) is 11.6. The normalized spacial score (nSPS) is 12.6. The van der Waals surface area contributed by atoms with E-state index in [1.807, 2.05) is 20.8 Å². The van der Waals surface area contributed by atoms with E-state index in [0.29, 0.717) is 5.69 Å². The number of hydrogen-bond acceptors (Lipinski definition) is 2. The van der Waals surface area contributed by atoms with Crippen molar-refractivity contribution in [1.82, 2.24) is 15.3 Å². The third kappa shape index (κ3) is 4.59. The molecule has 0 aliphatic heterocycles. The molecule has 96 valence electrons. The van der Waals surface area contributed by atoms with E-state index < -0.39 is 0 Å². The molecular formula is C13H23N3O. The first kappa shape index (κ1) is 13.7. The highest BCUT2D eigenvalue weighted by molar-refractivity contribution is 5.92. The van der Waals surface area contributed by atoms with Gasteiger partial charge in [-0.1, -0.05) is 20.8 Å². The van der Waals surface area contributed by atoms with Crippen molar-refractivity contribution in [3.05, 3.63) is 17.7 Å². The average Bonchev–Trinajstić information content (AvgIpc) is 2.45. The Balaban J connectivity index is 2.68. The van der Waals surface area contributed by atoms with Crippen molar-refractivity contribution in [2.75, 3.05) is 0 Å². The van der Waals surface area contributed by atoms with Gasteiger partial charge in [0.1, 0.15) is 11.5 Å². The molecule has 1 aromatic rings. The van der Waals surface area contributed by atoms with Crippen LogP contribution in [0, 0.1) is 12.3 Å². The molecule has 1 heterocycles. The third-order valence-electron chi connectivity index (χ3n) is 2.37. The Kier molecular flexibility index (Phi) is 3.65. The first-order chi connectivity index (χ1) is 7.59. The van der Waals surface area contributed by atoms with Crippen LogP contribution in [0.15, 0.2) is 6.20 Å². The summed E-state index contributed by atoms with van der Waals surface area (Å²) >= 11 is 0. The van der Waals surface area contributed by atoms with Crippen molar-refractivity contribution in [1.29, 1.82) is 0 Å². The lowest BCUT2D eigenvalue weighted by atomic mass is 9.82. The fourth-order valence-corrected chi connectivity index (χ4v) is 2.28. The van der Waals surface area contributed by atoms with Crippen LogP contribution < -0.4 is 5.32 Å². The largest absolute Gasteiger partial charge is 0.346 e. The highest BCUT2D eigenvalue weighted by atomic mass is 16.2. The Morgan fingerprint density at radius 2 is 1.94 bits per heavy atom. The maximum absolute atomic E-state index is 12.0. The summed E-state index contributed by atoms with van der Waals surface area (Å²) in [6.45, 7) is 12.4. The van der Waals surface area contributed by atoms with Gasteiger partial charge in [0.2, 0.25) is 0 Å². The minimum atomic E-state index is -0.228. The van der Waals surface area contributed by atoms with E-state index in [1.165, 1.54) is 0 Å². The van der Waals surface area contributed by atoms with Crippen LogP contribution in [0.5, 0.6) is 0 Å². The Hall–Kier alpha value is -1.32. The monoisotopic (exact) mass is 237 g/mol. The molecule has 0 radical (unpaired) electrons. The predicted octanol–water partition coefficient (Wildman–Crippen LogP) is 2.66. The summed E-state index contributed by atoms with van der Waals surface area (Å²) in [5.41, 5.74) is 0.471. The number of nitrogens with one attached hydrogen (secondary N) is 2. The molecule has 17 heavy (non-hydrogen) atoms. The molecule has 0 spiro atoms. The van der Waals surface area contributed by atoms with Crippen LogP contribution in [0.2, 0.25) is 0 Å². The van der Waals surface area contributed by atoms with Crippen molar-refractivity contribution in [2.45, 2.75) is 53.5 Å². The standard InChI is InChI=1S/C13H23N3O/c1-9-14-7-10(15-9)11(17)16-13(5,6)8-12(2,3)4/h7H,8H2,1-6H3,(H,14,15)(H,16,17). The van der Waals surface area contributed by atoms with Gasteiger partial charge < -0.3 is 10.3 Å². The van der Waals surface area contributed by atoms with Gasteiger partial charge in [0.15, 0.2) is 0 Å². The van der Waals surface area contributed by atoms with Crippen LogP contribution in [-0.2, 0) is 0 Å². The van der Waals surface area contributed by atoms with Gasteiger partial charge in [0.05, 0.1) is 6.20 Å². The lowest BCUT2D eigenvalue weighted by Crippen LogP contribution is -2.45. The predicted molar refractivity (Wildman–Crippen MR) is 68.9 cm³/mol. The number of aryl methyl sites for hydroxylation is 1. The zero-order chi connectivity index (χ0) is 13.3. The zero-order valence-corrected chi connectivity index (χ0v) is 11.6. The molecule has 0 fully saturated rings. The second-order valence-corrected chi connectivity index (χ2v) is 6.46. The van der Waals surface area contributed by atoms with E-state index in [4.69, 9.17) is 0 Å². The number of imidazole rings is 1. The second-order valence-electron chi connectivity index (χ2n) is 6.46. The molecule has 2 N–H and O–H groups in total. The maximum Gasteiger partial charge on any atom is 0.269 e. The number of carbonyl (C=O) groups is 1. The van der Waals surface area contributed by atoms with Gasteiger partial charge in [-0.05, 0) is 32.6 Å². The lowest BCUT2D eigenvalue weighted by molar-refractivity contribution is 0.0886. The van der Waals surface area contributed by atoms with Crippen molar-refractivity contribution >= 4 is 5.91 Å². The third-order valence-corrected chi connectivity index (χ3v) is 2.37. The Labute approximate surface area is 103 Å². The summed E-state index contributed by atoms with van der Waals surface area (Å²) in [7, 11) is 0. The number of aromatic nitrogens is 2. The van der Waals surface area contributed by atoms with E-state index in [2.05, 4.69) is 36.1 Å². The number of amides is 1. The van der Waals surface area contributed by atoms with Crippen LogP contribution in [-0.4, -0.2) is 21.4 Å². The van der Waals surface area contributed by atoms with Crippen LogP contribution >= 0.6 is 0 Å². The van der Waals surface area contributed by atoms with Gasteiger partial charge in [0, 0.05) is 5.54 Å². The number of H-pyrrole nitrogens is 1. The average molecular weight is 237 g/mol. The molecule has 1 rings (SSSR count). The molecule has 0 bridgehead atoms. The molecule has 0 atom stereocenters. The van der Waals surface area contributed by atoms with Crippen LogP contribution in [0.1, 0.15) is 57.4 Å². The molecule has 0 aliphatic rings. The first-order valence-electron chi connectivity index (χ1n) is 5.93. The van der Waals surface area contributed by atoms with Gasteiger partial charge in [-0.3, -0.25) is 4.79 Å². The highest BCUT2D eigenvalue weighted by Crippen LogP contribution is 2.26. The summed E-state index contributed by atoms with van der Waals surface area (Å²) in [6, 6.07) is 0. The summed E-state index contributed by atoms with van der Waals surface area (Å²) in [6.07, 6.45) is 2.48. The van der Waals surface area contributed by atoms with E-state index >= 15 is 0 Å². The number of rotatable bonds is 3. The number of aromatic amines is 1. The van der Waals surface area contributed by atoms with Gasteiger partial charge in [-0.2, -0.15) is 0 Å². The minimum absolute atomic E-state index is 0.0974. The molecule has 4 heteroatoms. The maximum atomic E-state index is 12.0. The number of nitrogens with zero attached hydrogens (tertiary/aromatic N) is 1. The summed E-state index contributed by atoms with van der Waals surface area (Å²) in [5, 5.41) is 3.03. The van der Waals surface area contributed by atoms with Crippen LogP contribution in [0.25, 0.3) is 0 Å². The van der Waals surface area contributed by atoms with Gasteiger partial charge >= 0.3 is 0 Å². The molecule has 0 aliphatic carbocycles. The Morgan fingerprint density at radius 3 is 2.35 bits per heavy atom. The molecule has 0 saturated carbocycles. The van der Waals surface area contributed by atoms with E-state index in [1.54, 1.807) is 6.20 Å². The van der Waals surface area contributed by atoms with E-state index in [0.717, 1.165) is 12.2 Å². The molecule has 0 unspecified atom stereocenters. The second kappa shape index (κ2) is 4.51. The van der Waals surface area contributed by atoms with Crippen LogP contribution in [0.4, 0.5) is 0 Å². The van der Waals surface area contributed by atoms with Crippen molar-refractivity contribution in [2.24, 2.45) is 5.41 Å². The van der Waals surface area contributed by atoms with E-state index in [-0.39, 0.29) is 16.9 Å². The molecule has 1 amide bonds. The summed E-state index contributed by atoms with van der Waals surface area (Å²) in [5.74, 6) is 0.656. The van der Waals surface area contributed by atoms with E-state index in [9.17, 15) is 4.79 Å². The van der Waals surface area contributed by atoms with Gasteiger partial charge in [-0.15, -0.1) is 0 Å². The molecule has 1 aromatic heterocycles. The Bertz CT molecular complexity index is 399. The van der Waals surface area contributed by atoms with Crippen molar-refractivity contribution in [3.63, 3.8) is 0 Å². The minimum Gasteiger partial charge on any atom is -0.346 e. The summed E-state index contributed by atoms with van der Waals surface area (Å²) < 4.78 is 0. The number of hydrogen-bond donors (Lipinski definition) is 2. The lowest BCUT2D eigenvalue weighted by Gasteiger charge is -2.33. The summed E-state index contributed by atoms with van der Waals surface area (Å²) in [4.78, 5) is 18.9. The van der Waals surface area contributed by atoms with Gasteiger partial charge in [-0.25, -0.2) is 4.98 Å². The molecule has 4 nitrogen and oxygen atoms in total. The quantitative estimate of drug-likeness (QED) is 0.849. The Morgan fingerprint density at radius 1 is 1.35 bits per heavy atom. The molecule has 0 saturated heterocycles. The van der Waals surface area contributed by atoms with Crippen molar-refractivity contribution in [3.8, 4) is 0 Å². The topological polar surface area (TPSA) is 57.8 Å². The number of carbonyl (C=O) groups excluding carboxylic acids is 1. The van der Waals surface area contributed by atoms with Gasteiger partial charge in [0.25, 0.3) is 5.91 Å². The van der Waals surface area contributed by atoms with Crippen LogP contribution in [0.3, 0.4) is 0 Å². The fraction of sp³-hybridized carbons (Fsp3) is 0.692. The fourth-order valence-electron chi connectivity index (χ4n) is 2.28.